The van der Waals surface area contributed by atoms with Crippen molar-refractivity contribution in [3.05, 3.63) is 46.6 Å². The van der Waals surface area contributed by atoms with E-state index >= 15 is 0 Å². The standard InChI is InChI=1S/C15H17ClN4/c16-13-9-14(20-15(17)19-13)18-6-5-10-7-11-3-1-2-4-12(11)8-10/h1-4,9-10H,5-8H2,(H3,17,18,19,20). The molecule has 1 heterocycles. The molecule has 0 fully saturated rings. The molecule has 1 aromatic heterocycles. The van der Waals surface area contributed by atoms with Crippen LogP contribution in [0, 0.1) is 5.92 Å². The van der Waals surface area contributed by atoms with Crippen molar-refractivity contribution >= 4 is 23.4 Å². The molecule has 3 rings (SSSR count). The van der Waals surface area contributed by atoms with Gasteiger partial charge in [0.2, 0.25) is 5.95 Å². The molecule has 0 atom stereocenters. The Bertz CT molecular complexity index is 569. The summed E-state index contributed by atoms with van der Waals surface area (Å²) < 4.78 is 0. The number of aromatic nitrogens is 2. The molecular weight excluding hydrogens is 272 g/mol. The van der Waals surface area contributed by atoms with Crippen LogP contribution in [0.1, 0.15) is 17.5 Å². The molecule has 4 nitrogen and oxygen atoms in total. The van der Waals surface area contributed by atoms with E-state index in [1.54, 1.807) is 6.07 Å². The number of nitrogen functional groups attached to an aromatic ring is 1. The molecule has 5 heteroatoms. The first kappa shape index (κ1) is 13.2. The molecule has 0 unspecified atom stereocenters. The minimum atomic E-state index is 0.202. The van der Waals surface area contributed by atoms with Gasteiger partial charge < -0.3 is 11.1 Å². The smallest absolute Gasteiger partial charge is 0.223 e. The molecule has 0 bridgehead atoms. The zero-order chi connectivity index (χ0) is 13.9. The highest BCUT2D eigenvalue weighted by Crippen LogP contribution is 2.28. The van der Waals surface area contributed by atoms with Gasteiger partial charge in [0.15, 0.2) is 0 Å². The van der Waals surface area contributed by atoms with Gasteiger partial charge in [0.05, 0.1) is 0 Å². The number of nitrogens with one attached hydrogen (secondary N) is 1. The third-order valence-corrected chi connectivity index (χ3v) is 3.90. The first-order chi connectivity index (χ1) is 9.70. The Hall–Kier alpha value is -1.81. The second kappa shape index (κ2) is 5.67. The van der Waals surface area contributed by atoms with Gasteiger partial charge in [-0.05, 0) is 36.3 Å². The fraction of sp³-hybridized carbons (Fsp3) is 0.333. The number of halogens is 1. The highest BCUT2D eigenvalue weighted by atomic mass is 35.5. The van der Waals surface area contributed by atoms with Gasteiger partial charge in [0.25, 0.3) is 0 Å². The molecular formula is C15H17ClN4. The first-order valence-corrected chi connectivity index (χ1v) is 7.19. The van der Waals surface area contributed by atoms with Crippen molar-refractivity contribution in [2.75, 3.05) is 17.6 Å². The van der Waals surface area contributed by atoms with E-state index in [0.29, 0.717) is 16.9 Å². The first-order valence-electron chi connectivity index (χ1n) is 6.81. The lowest BCUT2D eigenvalue weighted by Gasteiger charge is -2.10. The van der Waals surface area contributed by atoms with E-state index in [4.69, 9.17) is 17.3 Å². The van der Waals surface area contributed by atoms with Crippen LogP contribution in [0.15, 0.2) is 30.3 Å². The highest BCUT2D eigenvalue weighted by molar-refractivity contribution is 6.29. The fourth-order valence-electron chi connectivity index (χ4n) is 2.78. The van der Waals surface area contributed by atoms with Gasteiger partial charge in [-0.3, -0.25) is 0 Å². The average Bonchev–Trinajstić information content (AvgIpc) is 2.80. The number of fused-ring (bicyclic) bond motifs is 1. The SMILES string of the molecule is Nc1nc(Cl)cc(NCCC2Cc3ccccc3C2)n1. The van der Waals surface area contributed by atoms with Crippen LogP contribution < -0.4 is 11.1 Å². The molecule has 3 N–H and O–H groups in total. The van der Waals surface area contributed by atoms with Gasteiger partial charge in [0, 0.05) is 12.6 Å². The number of anilines is 2. The lowest BCUT2D eigenvalue weighted by molar-refractivity contribution is 0.529. The Labute approximate surface area is 123 Å². The van der Waals surface area contributed by atoms with E-state index in [2.05, 4.69) is 39.6 Å². The number of hydrogen-bond acceptors (Lipinski definition) is 4. The van der Waals surface area contributed by atoms with Crippen LogP contribution in [0.2, 0.25) is 5.15 Å². The number of hydrogen-bond donors (Lipinski definition) is 2. The fourth-order valence-corrected chi connectivity index (χ4v) is 2.97. The second-order valence-corrected chi connectivity index (χ2v) is 5.58. The topological polar surface area (TPSA) is 63.8 Å². The number of benzene rings is 1. The van der Waals surface area contributed by atoms with Gasteiger partial charge in [0.1, 0.15) is 11.0 Å². The maximum atomic E-state index is 5.85. The van der Waals surface area contributed by atoms with E-state index in [1.165, 1.54) is 24.0 Å². The molecule has 2 aromatic rings. The minimum Gasteiger partial charge on any atom is -0.370 e. The van der Waals surface area contributed by atoms with E-state index in [-0.39, 0.29) is 5.95 Å². The van der Waals surface area contributed by atoms with E-state index in [1.807, 2.05) is 0 Å². The predicted octanol–water partition coefficient (Wildman–Crippen LogP) is 2.93. The van der Waals surface area contributed by atoms with Crippen molar-refractivity contribution in [1.29, 1.82) is 0 Å². The van der Waals surface area contributed by atoms with Crippen LogP contribution in [0.3, 0.4) is 0 Å². The van der Waals surface area contributed by atoms with Crippen molar-refractivity contribution in [3.8, 4) is 0 Å². The Kier molecular flexibility index (Phi) is 3.74. The normalized spacial score (nSPS) is 14.2. The Morgan fingerprint density at radius 3 is 2.55 bits per heavy atom. The van der Waals surface area contributed by atoms with Crippen molar-refractivity contribution in [1.82, 2.24) is 9.97 Å². The Morgan fingerprint density at radius 1 is 1.20 bits per heavy atom. The van der Waals surface area contributed by atoms with Crippen molar-refractivity contribution in [3.63, 3.8) is 0 Å². The van der Waals surface area contributed by atoms with E-state index < -0.39 is 0 Å². The maximum absolute atomic E-state index is 5.85. The lowest BCUT2D eigenvalue weighted by Crippen LogP contribution is -2.11. The van der Waals surface area contributed by atoms with Gasteiger partial charge >= 0.3 is 0 Å². The molecule has 104 valence electrons. The third kappa shape index (κ3) is 3.02. The largest absolute Gasteiger partial charge is 0.370 e. The average molecular weight is 289 g/mol. The summed E-state index contributed by atoms with van der Waals surface area (Å²) >= 11 is 5.85. The number of rotatable bonds is 4. The van der Waals surface area contributed by atoms with Crippen molar-refractivity contribution < 1.29 is 0 Å². The third-order valence-electron chi connectivity index (χ3n) is 3.71. The highest BCUT2D eigenvalue weighted by Gasteiger charge is 2.20. The number of nitrogens with zero attached hydrogens (tertiary/aromatic N) is 2. The summed E-state index contributed by atoms with van der Waals surface area (Å²) in [5.74, 6) is 1.60. The molecule has 0 aliphatic heterocycles. The van der Waals surface area contributed by atoms with Gasteiger partial charge in [-0.1, -0.05) is 35.9 Å². The summed E-state index contributed by atoms with van der Waals surface area (Å²) in [6.45, 7) is 0.867. The van der Waals surface area contributed by atoms with Crippen molar-refractivity contribution in [2.24, 2.45) is 5.92 Å². The summed E-state index contributed by atoms with van der Waals surface area (Å²) in [7, 11) is 0. The van der Waals surface area contributed by atoms with Crippen molar-refractivity contribution in [2.45, 2.75) is 19.3 Å². The molecule has 0 radical (unpaired) electrons. The van der Waals surface area contributed by atoms with E-state index in [9.17, 15) is 0 Å². The van der Waals surface area contributed by atoms with Crippen LogP contribution >= 0.6 is 11.6 Å². The number of nitrogens with two attached hydrogens (primary N) is 1. The summed E-state index contributed by atoms with van der Waals surface area (Å²) in [6, 6.07) is 10.4. The monoisotopic (exact) mass is 288 g/mol. The van der Waals surface area contributed by atoms with Gasteiger partial charge in [-0.2, -0.15) is 4.98 Å². The zero-order valence-corrected chi connectivity index (χ0v) is 11.9. The van der Waals surface area contributed by atoms with Gasteiger partial charge in [-0.15, -0.1) is 0 Å². The van der Waals surface area contributed by atoms with Crippen LogP contribution in [-0.4, -0.2) is 16.5 Å². The van der Waals surface area contributed by atoms with E-state index in [0.717, 1.165) is 13.0 Å². The zero-order valence-electron chi connectivity index (χ0n) is 11.1. The van der Waals surface area contributed by atoms with Crippen LogP contribution in [0.25, 0.3) is 0 Å². The molecule has 1 aliphatic rings. The lowest BCUT2D eigenvalue weighted by atomic mass is 10.0. The molecule has 1 aliphatic carbocycles. The van der Waals surface area contributed by atoms with Crippen LogP contribution in [0.5, 0.6) is 0 Å². The van der Waals surface area contributed by atoms with Crippen LogP contribution in [0.4, 0.5) is 11.8 Å². The predicted molar refractivity (Wildman–Crippen MR) is 81.9 cm³/mol. The Balaban J connectivity index is 1.52. The molecule has 20 heavy (non-hydrogen) atoms. The molecule has 0 saturated carbocycles. The maximum Gasteiger partial charge on any atom is 0.223 e. The molecule has 0 spiro atoms. The van der Waals surface area contributed by atoms with Crippen LogP contribution in [-0.2, 0) is 12.8 Å². The summed E-state index contributed by atoms with van der Waals surface area (Å²) in [5.41, 5.74) is 8.55. The molecule has 0 amide bonds. The quantitative estimate of drug-likeness (QED) is 0.849. The van der Waals surface area contributed by atoms with Gasteiger partial charge in [-0.25, -0.2) is 4.98 Å². The summed E-state index contributed by atoms with van der Waals surface area (Å²) in [4.78, 5) is 7.95. The second-order valence-electron chi connectivity index (χ2n) is 5.19. The summed E-state index contributed by atoms with van der Waals surface area (Å²) in [6.07, 6.45) is 3.45. The minimum absolute atomic E-state index is 0.202. The Morgan fingerprint density at radius 2 is 1.90 bits per heavy atom. The molecule has 1 aromatic carbocycles. The molecule has 0 saturated heterocycles. The summed E-state index contributed by atoms with van der Waals surface area (Å²) in [5, 5.41) is 3.63.